The number of carbonyl (C=O) groups is 2. The molecule has 116 valence electrons. The lowest BCUT2D eigenvalue weighted by Crippen LogP contribution is -2.11. The summed E-state index contributed by atoms with van der Waals surface area (Å²) in [5.41, 5.74) is 8.93. The van der Waals surface area contributed by atoms with Crippen molar-refractivity contribution in [3.05, 3.63) is 64.3 Å². The third kappa shape index (κ3) is 2.91. The van der Waals surface area contributed by atoms with Crippen LogP contribution < -0.4 is 16.4 Å². The van der Waals surface area contributed by atoms with Crippen LogP contribution in [0.4, 0.5) is 11.4 Å². The van der Waals surface area contributed by atoms with Crippen molar-refractivity contribution in [3.63, 3.8) is 0 Å². The van der Waals surface area contributed by atoms with Crippen LogP contribution in [0.15, 0.2) is 48.2 Å². The quantitative estimate of drug-likeness (QED) is 0.757. The van der Waals surface area contributed by atoms with Crippen LogP contribution in [-0.2, 0) is 4.79 Å². The second-order valence-corrected chi connectivity index (χ2v) is 5.65. The molecule has 1 aliphatic heterocycles. The van der Waals surface area contributed by atoms with Gasteiger partial charge in [0.1, 0.15) is 0 Å². The van der Waals surface area contributed by atoms with Crippen LogP contribution in [0.2, 0.25) is 5.02 Å². The average Bonchev–Trinajstić information content (AvgIpc) is 2.81. The minimum Gasteiger partial charge on any atom is -0.366 e. The van der Waals surface area contributed by atoms with Crippen LogP contribution in [-0.4, -0.2) is 11.8 Å². The second kappa shape index (κ2) is 5.78. The number of amides is 2. The summed E-state index contributed by atoms with van der Waals surface area (Å²) in [5.74, 6) is -0.762. The zero-order valence-corrected chi connectivity index (χ0v) is 13.1. The Kier molecular flexibility index (Phi) is 3.80. The van der Waals surface area contributed by atoms with Gasteiger partial charge in [0, 0.05) is 33.2 Å². The van der Waals surface area contributed by atoms with Crippen molar-refractivity contribution in [2.24, 2.45) is 5.73 Å². The summed E-state index contributed by atoms with van der Waals surface area (Å²) in [4.78, 5) is 23.5. The van der Waals surface area contributed by atoms with Gasteiger partial charge in [-0.25, -0.2) is 0 Å². The predicted molar refractivity (Wildman–Crippen MR) is 91.3 cm³/mol. The molecule has 6 heteroatoms. The lowest BCUT2D eigenvalue weighted by atomic mass is 10.0. The zero-order valence-electron chi connectivity index (χ0n) is 12.3. The molecule has 1 aliphatic rings. The van der Waals surface area contributed by atoms with E-state index in [0.717, 1.165) is 11.3 Å². The van der Waals surface area contributed by atoms with Gasteiger partial charge >= 0.3 is 0 Å². The summed E-state index contributed by atoms with van der Waals surface area (Å²) in [6.45, 7) is 1.81. The second-order valence-electron chi connectivity index (χ2n) is 5.21. The minimum atomic E-state index is -0.534. The van der Waals surface area contributed by atoms with Crippen molar-refractivity contribution in [3.8, 4) is 0 Å². The Bertz CT molecular complexity index is 859. The van der Waals surface area contributed by atoms with Crippen molar-refractivity contribution in [2.45, 2.75) is 6.92 Å². The van der Waals surface area contributed by atoms with Crippen molar-refractivity contribution < 1.29 is 9.59 Å². The van der Waals surface area contributed by atoms with Gasteiger partial charge in [-0.05, 0) is 37.3 Å². The first-order valence-corrected chi connectivity index (χ1v) is 7.32. The van der Waals surface area contributed by atoms with E-state index in [2.05, 4.69) is 10.6 Å². The van der Waals surface area contributed by atoms with Crippen molar-refractivity contribution in [2.75, 3.05) is 10.6 Å². The van der Waals surface area contributed by atoms with Gasteiger partial charge in [0.25, 0.3) is 5.91 Å². The van der Waals surface area contributed by atoms with E-state index >= 15 is 0 Å². The van der Waals surface area contributed by atoms with Crippen molar-refractivity contribution >= 4 is 40.4 Å². The summed E-state index contributed by atoms with van der Waals surface area (Å²) in [7, 11) is 0. The molecule has 1 heterocycles. The molecular formula is C17H14ClN3O2. The highest BCUT2D eigenvalue weighted by Crippen LogP contribution is 2.34. The number of rotatable bonds is 3. The van der Waals surface area contributed by atoms with Gasteiger partial charge in [0.05, 0.1) is 5.57 Å². The fourth-order valence-electron chi connectivity index (χ4n) is 2.54. The number of halogens is 1. The van der Waals surface area contributed by atoms with Gasteiger partial charge in [0.15, 0.2) is 0 Å². The highest BCUT2D eigenvalue weighted by atomic mass is 35.5. The van der Waals surface area contributed by atoms with Crippen molar-refractivity contribution in [1.82, 2.24) is 0 Å². The molecule has 0 fully saturated rings. The van der Waals surface area contributed by atoms with Gasteiger partial charge in [-0.2, -0.15) is 0 Å². The van der Waals surface area contributed by atoms with E-state index in [4.69, 9.17) is 17.3 Å². The molecular weight excluding hydrogens is 314 g/mol. The van der Waals surface area contributed by atoms with Crippen LogP contribution in [0.3, 0.4) is 0 Å². The standard InChI is InChI=1S/C17H14ClN3O2/c1-9(20-12-4-2-3-11(18)8-12)15-13-6-5-10(16(19)22)7-14(13)21-17(15)23/h2-8,20H,1H3,(H2,19,22)(H,21,23)/b15-9+. The zero-order chi connectivity index (χ0) is 16.6. The average molecular weight is 328 g/mol. The highest BCUT2D eigenvalue weighted by Gasteiger charge is 2.27. The fourth-order valence-corrected chi connectivity index (χ4v) is 2.73. The Morgan fingerprint density at radius 2 is 2.00 bits per heavy atom. The van der Waals surface area contributed by atoms with Gasteiger partial charge in [0.2, 0.25) is 5.91 Å². The lowest BCUT2D eigenvalue weighted by Gasteiger charge is -2.10. The SMILES string of the molecule is C/C(Nc1cccc(Cl)c1)=C1\C(=O)Nc2cc(C(N)=O)ccc21. The summed E-state index contributed by atoms with van der Waals surface area (Å²) in [5, 5.41) is 6.53. The molecule has 2 aromatic rings. The van der Waals surface area contributed by atoms with Crippen LogP contribution in [0.25, 0.3) is 5.57 Å². The number of hydrogen-bond donors (Lipinski definition) is 3. The van der Waals surface area contributed by atoms with Crippen LogP contribution >= 0.6 is 11.6 Å². The smallest absolute Gasteiger partial charge is 0.258 e. The van der Waals surface area contributed by atoms with E-state index in [9.17, 15) is 9.59 Å². The molecule has 4 N–H and O–H groups in total. The maximum absolute atomic E-state index is 12.3. The molecule has 2 amide bonds. The number of fused-ring (bicyclic) bond motifs is 1. The topological polar surface area (TPSA) is 84.2 Å². The number of nitrogens with two attached hydrogens (primary N) is 1. The summed E-state index contributed by atoms with van der Waals surface area (Å²) in [6.07, 6.45) is 0. The molecule has 2 aromatic carbocycles. The minimum absolute atomic E-state index is 0.228. The summed E-state index contributed by atoms with van der Waals surface area (Å²) < 4.78 is 0. The fraction of sp³-hybridized carbons (Fsp3) is 0.0588. The lowest BCUT2D eigenvalue weighted by molar-refractivity contribution is -0.110. The number of anilines is 2. The first kappa shape index (κ1) is 15.1. The van der Waals surface area contributed by atoms with Gasteiger partial charge < -0.3 is 16.4 Å². The Labute approximate surface area is 138 Å². The van der Waals surface area contributed by atoms with Crippen LogP contribution in [0, 0.1) is 0 Å². The number of hydrogen-bond acceptors (Lipinski definition) is 3. The molecule has 0 aliphatic carbocycles. The van der Waals surface area contributed by atoms with Gasteiger partial charge in [-0.1, -0.05) is 23.7 Å². The summed E-state index contributed by atoms with van der Waals surface area (Å²) in [6, 6.07) is 12.1. The molecule has 0 radical (unpaired) electrons. The van der Waals surface area contributed by atoms with E-state index in [-0.39, 0.29) is 5.91 Å². The van der Waals surface area contributed by atoms with E-state index in [1.54, 1.807) is 30.3 Å². The largest absolute Gasteiger partial charge is 0.366 e. The van der Waals surface area contributed by atoms with Gasteiger partial charge in [-0.3, -0.25) is 9.59 Å². The maximum Gasteiger partial charge on any atom is 0.258 e. The first-order valence-electron chi connectivity index (χ1n) is 6.95. The monoisotopic (exact) mass is 327 g/mol. The van der Waals surface area contributed by atoms with Crippen LogP contribution in [0.1, 0.15) is 22.8 Å². The number of primary amides is 1. The summed E-state index contributed by atoms with van der Waals surface area (Å²) >= 11 is 5.97. The molecule has 5 nitrogen and oxygen atoms in total. The van der Waals surface area contributed by atoms with Gasteiger partial charge in [-0.15, -0.1) is 0 Å². The van der Waals surface area contributed by atoms with Crippen molar-refractivity contribution in [1.29, 1.82) is 0 Å². The molecule has 0 atom stereocenters. The third-order valence-corrected chi connectivity index (χ3v) is 3.82. The highest BCUT2D eigenvalue weighted by molar-refractivity contribution is 6.33. The predicted octanol–water partition coefficient (Wildman–Crippen LogP) is 3.23. The number of benzene rings is 2. The third-order valence-electron chi connectivity index (χ3n) is 3.58. The molecule has 0 unspecified atom stereocenters. The molecule has 0 aromatic heterocycles. The van der Waals surface area contributed by atoms with E-state index in [0.29, 0.717) is 27.5 Å². The molecule has 0 saturated carbocycles. The molecule has 0 saturated heterocycles. The Balaban J connectivity index is 2.00. The van der Waals surface area contributed by atoms with E-state index in [1.165, 1.54) is 0 Å². The molecule has 3 rings (SSSR count). The Morgan fingerprint density at radius 1 is 1.22 bits per heavy atom. The number of allylic oxidation sites excluding steroid dienone is 1. The molecule has 23 heavy (non-hydrogen) atoms. The molecule has 0 bridgehead atoms. The Hall–Kier alpha value is -2.79. The van der Waals surface area contributed by atoms with E-state index < -0.39 is 5.91 Å². The first-order chi connectivity index (χ1) is 11.0. The Morgan fingerprint density at radius 3 is 2.70 bits per heavy atom. The maximum atomic E-state index is 12.3. The van der Waals surface area contributed by atoms with E-state index in [1.807, 2.05) is 19.1 Å². The normalized spacial score (nSPS) is 15.0. The number of nitrogens with one attached hydrogen (secondary N) is 2. The van der Waals surface area contributed by atoms with Crippen LogP contribution in [0.5, 0.6) is 0 Å². The molecule has 0 spiro atoms. The number of carbonyl (C=O) groups excluding carboxylic acids is 2.